The smallest absolute Gasteiger partial charge is 0.355 e. The van der Waals surface area contributed by atoms with Gasteiger partial charge >= 0.3 is 5.97 Å². The lowest BCUT2D eigenvalue weighted by molar-refractivity contribution is -0.248. The van der Waals surface area contributed by atoms with Gasteiger partial charge in [-0.3, -0.25) is 38.9 Å². The van der Waals surface area contributed by atoms with Crippen molar-refractivity contribution in [3.05, 3.63) is 101 Å². The van der Waals surface area contributed by atoms with Gasteiger partial charge in [0.15, 0.2) is 10.8 Å². The summed E-state index contributed by atoms with van der Waals surface area (Å²) in [5, 5.41) is 19.2. The number of thiazole rings is 1. The zero-order chi connectivity index (χ0) is 66.8. The number of para-hydroxylation sites is 1. The van der Waals surface area contributed by atoms with E-state index in [-0.39, 0.29) is 76.3 Å². The fourth-order valence-corrected chi connectivity index (χ4v) is 16.2. The van der Waals surface area contributed by atoms with Crippen molar-refractivity contribution < 1.29 is 76.5 Å². The van der Waals surface area contributed by atoms with E-state index in [4.69, 9.17) is 52.7 Å². The summed E-state index contributed by atoms with van der Waals surface area (Å²) in [6.07, 6.45) is 12.2. The zero-order valence-electron chi connectivity index (χ0n) is 55.4. The Balaban J connectivity index is 0.560. The highest BCUT2D eigenvalue weighted by Gasteiger charge is 2.66. The Morgan fingerprint density at radius 1 is 0.663 bits per heavy atom. The van der Waals surface area contributed by atoms with Crippen LogP contribution in [0, 0.1) is 23.2 Å². The molecule has 95 heavy (non-hydrogen) atoms. The molecule has 2 aromatic carbocycles. The zero-order valence-corrected chi connectivity index (χ0v) is 56.2. The molecule has 4 aliphatic carbocycles. The molecule has 11 rings (SSSR count). The Morgan fingerprint density at radius 2 is 1.27 bits per heavy atom. The van der Waals surface area contributed by atoms with E-state index in [2.05, 4.69) is 28.8 Å². The number of carbonyl (C=O) groups is 6. The number of ketones is 1. The third kappa shape index (κ3) is 19.2. The quantitative estimate of drug-likeness (QED) is 0.0275. The summed E-state index contributed by atoms with van der Waals surface area (Å²) in [4.78, 5) is 89.4. The number of hydrogen-bond acceptors (Lipinski definition) is 20. The molecule has 24 nitrogen and oxygen atoms in total. The van der Waals surface area contributed by atoms with E-state index in [0.717, 1.165) is 76.0 Å². The van der Waals surface area contributed by atoms with Crippen LogP contribution >= 0.6 is 11.3 Å². The van der Waals surface area contributed by atoms with E-state index in [1.54, 1.807) is 11.1 Å². The Hall–Kier alpha value is -6.91. The number of rotatable bonds is 42. The number of carbonyl (C=O) groups excluding carboxylic acids is 5. The Labute approximate surface area is 559 Å². The largest absolute Gasteiger partial charge is 0.476 e. The van der Waals surface area contributed by atoms with E-state index >= 15 is 0 Å². The molecule has 4 amide bonds. The molecule has 4 saturated carbocycles. The maximum atomic E-state index is 13.8. The number of nitrogens with one attached hydrogen (secondary N) is 1. The van der Waals surface area contributed by atoms with Gasteiger partial charge in [0.2, 0.25) is 5.91 Å². The molecule has 2 aliphatic heterocycles. The second-order valence-electron chi connectivity index (χ2n) is 26.5. The Bertz CT molecular complexity index is 3430. The fourth-order valence-electron chi connectivity index (χ4n) is 15.3. The molecule has 0 saturated heterocycles. The van der Waals surface area contributed by atoms with Crippen LogP contribution in [0.3, 0.4) is 0 Å². The number of Topliss-reactive ketones (excluding diaryl/α,β-unsaturated/α-hetero) is 1. The van der Waals surface area contributed by atoms with Gasteiger partial charge in [-0.15, -0.1) is 0 Å². The van der Waals surface area contributed by atoms with Crippen molar-refractivity contribution in [2.75, 3.05) is 149 Å². The minimum atomic E-state index is -1.13. The predicted octanol–water partition coefficient (Wildman–Crippen LogP) is 8.16. The number of likely N-dealkylation sites (N-methyl/N-ethyl adjacent to an activating group) is 1. The molecule has 514 valence electrons. The molecular weight excluding hydrogens is 1240 g/mol. The van der Waals surface area contributed by atoms with Crippen molar-refractivity contribution in [2.45, 2.75) is 110 Å². The minimum Gasteiger partial charge on any atom is -0.476 e. The first-order chi connectivity index (χ1) is 45.9. The first kappa shape index (κ1) is 70.9. The second kappa shape index (κ2) is 33.4. The maximum absolute atomic E-state index is 13.8. The topological polar surface area (TPSA) is 271 Å². The van der Waals surface area contributed by atoms with Crippen LogP contribution in [0.15, 0.2) is 72.9 Å². The predicted molar refractivity (Wildman–Crippen MR) is 354 cm³/mol. The van der Waals surface area contributed by atoms with Crippen molar-refractivity contribution in [1.82, 2.24) is 29.5 Å². The number of hydrogen-bond donors (Lipinski definition) is 2. The van der Waals surface area contributed by atoms with Gasteiger partial charge in [-0.25, -0.2) is 14.8 Å². The van der Waals surface area contributed by atoms with Crippen LogP contribution in [-0.2, 0) is 81.3 Å². The van der Waals surface area contributed by atoms with Gasteiger partial charge in [-0.1, -0.05) is 49.4 Å². The van der Waals surface area contributed by atoms with E-state index < -0.39 is 5.97 Å². The van der Waals surface area contributed by atoms with Crippen LogP contribution in [0.1, 0.15) is 116 Å². The molecule has 4 fully saturated rings. The first-order valence-electron chi connectivity index (χ1n) is 33.3. The van der Waals surface area contributed by atoms with E-state index in [9.17, 15) is 33.9 Å². The number of benzene rings is 2. The van der Waals surface area contributed by atoms with Crippen LogP contribution in [0.25, 0.3) is 21.3 Å². The maximum Gasteiger partial charge on any atom is 0.355 e. The number of amides is 4. The molecule has 0 spiro atoms. The summed E-state index contributed by atoms with van der Waals surface area (Å²) in [6.45, 7) is 16.1. The molecule has 5 heterocycles. The van der Waals surface area contributed by atoms with E-state index in [1.165, 1.54) is 23.5 Å². The van der Waals surface area contributed by atoms with Gasteiger partial charge in [-0.2, -0.15) is 5.10 Å². The number of pyridine rings is 1. The molecule has 6 aliphatic rings. The van der Waals surface area contributed by atoms with Crippen LogP contribution in [-0.4, -0.2) is 215 Å². The third-order valence-electron chi connectivity index (χ3n) is 18.6. The lowest BCUT2D eigenvalue weighted by atomic mass is 9.39. The summed E-state index contributed by atoms with van der Waals surface area (Å²) in [7, 11) is 1.82. The van der Waals surface area contributed by atoms with Gasteiger partial charge < -0.3 is 57.5 Å². The number of carboxylic acid groups (broad SMARTS) is 1. The normalized spacial score (nSPS) is 21.1. The molecule has 2 unspecified atom stereocenters. The fraction of sp³-hybridized carbons (Fsp3) is 0.586. The Morgan fingerprint density at radius 3 is 1.89 bits per heavy atom. The molecule has 25 heteroatoms. The highest BCUT2D eigenvalue weighted by Crippen LogP contribution is 2.72. The average molecular weight is 1330 g/mol. The molecule has 0 radical (unpaired) electrons. The highest BCUT2D eigenvalue weighted by atomic mass is 32.1. The number of nitrogens with zero attached hydrogens (tertiary/aromatic N) is 7. The summed E-state index contributed by atoms with van der Waals surface area (Å²) in [5.74, 6) is -1.62. The number of anilines is 2. The van der Waals surface area contributed by atoms with Gasteiger partial charge in [0.05, 0.1) is 134 Å². The van der Waals surface area contributed by atoms with Crippen molar-refractivity contribution in [3.63, 3.8) is 0 Å². The number of imide groups is 1. The number of fused-ring (bicyclic) bond motifs is 2. The van der Waals surface area contributed by atoms with Crippen LogP contribution in [0.2, 0.25) is 0 Å². The monoisotopic (exact) mass is 1330 g/mol. The molecule has 4 bridgehead atoms. The Kier molecular flexibility index (Phi) is 24.9. The summed E-state index contributed by atoms with van der Waals surface area (Å²) < 4.78 is 54.6. The van der Waals surface area contributed by atoms with Crippen molar-refractivity contribution >= 4 is 67.9 Å². The van der Waals surface area contributed by atoms with Crippen molar-refractivity contribution in [2.24, 2.45) is 16.2 Å². The lowest BCUT2D eigenvalue weighted by Gasteiger charge is -2.69. The average Bonchev–Trinajstić information content (AvgIpc) is 1.01. The van der Waals surface area contributed by atoms with Crippen molar-refractivity contribution in [1.29, 1.82) is 0 Å². The van der Waals surface area contributed by atoms with Crippen LogP contribution < -0.4 is 10.2 Å². The standard InChI is InChI=1S/C70H92N8O16S/c1-50-55(53-14-15-59(73-63(53)65(84)85)76-21-18-51-9-7-11-54(56(51)42-76)64(83)74-66-72-57-12-5-6-13-58(57)95-66)41-71-78(50)49-69-44-67(2)43-68(3,45-69)47-70(46-67,48-69)94-26-23-75(4)60(80)20-25-87-28-30-89-32-34-91-36-38-93-40-39-92-37-35-90-33-31-88-29-27-86-24-8-10-52(79)19-22-77-61(81)16-17-62(77)82/h5-7,9,11-17,41H,8,10,18-40,42-49H2,1-4H3,(H,84,85)(H,72,74,83). The van der Waals surface area contributed by atoms with E-state index in [0.29, 0.717) is 180 Å². The van der Waals surface area contributed by atoms with Gasteiger partial charge in [0.1, 0.15) is 11.6 Å². The molecule has 3 aromatic heterocycles. The third-order valence-corrected chi connectivity index (χ3v) is 19.5. The summed E-state index contributed by atoms with van der Waals surface area (Å²) in [6, 6.07) is 17.3. The molecule has 2 N–H and O–H groups in total. The number of aromatic carboxylic acids is 1. The van der Waals surface area contributed by atoms with Crippen LogP contribution in [0.4, 0.5) is 10.9 Å². The molecule has 2 atom stereocenters. The second-order valence-corrected chi connectivity index (χ2v) is 27.5. The number of aromatic nitrogens is 4. The highest BCUT2D eigenvalue weighted by molar-refractivity contribution is 7.22. The molecular formula is C70H92N8O16S. The minimum absolute atomic E-state index is 0.00748. The number of carboxylic acids is 1. The van der Waals surface area contributed by atoms with E-state index in [1.807, 2.05) is 73.5 Å². The van der Waals surface area contributed by atoms with Gasteiger partial charge in [0, 0.05) is 93.8 Å². The SMILES string of the molecule is Cc1c(-c2ccc(N3CCc4cccc(C(=O)Nc5nc6ccccc6s5)c4C3)nc2C(=O)O)cnn1CC12CC3(C)CC(C)(C1)CC(OCCN(C)C(=O)CCOCCOCCOCCOCCOCCOCCOCCOCCCC(=O)CCN1C(=O)C=CC1=O)(C3)C2. The first-order valence-corrected chi connectivity index (χ1v) is 34.1. The lowest BCUT2D eigenvalue weighted by Crippen LogP contribution is -2.64. The van der Waals surface area contributed by atoms with Gasteiger partial charge in [0.25, 0.3) is 17.7 Å². The van der Waals surface area contributed by atoms with Crippen LogP contribution in [0.5, 0.6) is 0 Å². The summed E-state index contributed by atoms with van der Waals surface area (Å²) in [5.41, 5.74) is 5.16. The molecule has 5 aromatic rings. The summed E-state index contributed by atoms with van der Waals surface area (Å²) >= 11 is 1.43. The van der Waals surface area contributed by atoms with Gasteiger partial charge in [-0.05, 0) is 116 Å². The van der Waals surface area contributed by atoms with Crippen molar-refractivity contribution in [3.8, 4) is 11.1 Å². The number of ether oxygens (including phenoxy) is 9.